The smallest absolute Gasteiger partial charge is 0.0752 e. The fourth-order valence-electron chi connectivity index (χ4n) is 5.18. The molecule has 5 nitrogen and oxygen atoms in total. The first-order valence-electron chi connectivity index (χ1n) is 10.7. The van der Waals surface area contributed by atoms with Gasteiger partial charge in [-0.1, -0.05) is 11.6 Å². The summed E-state index contributed by atoms with van der Waals surface area (Å²) in [7, 11) is 2.22. The minimum absolute atomic E-state index is 0.261. The van der Waals surface area contributed by atoms with Gasteiger partial charge < -0.3 is 14.9 Å². The molecule has 4 rings (SSSR count). The number of piperidine rings is 1. The van der Waals surface area contributed by atoms with Gasteiger partial charge in [0, 0.05) is 55.6 Å². The first-order valence-corrected chi connectivity index (χ1v) is 10.7. The second-order valence-corrected chi connectivity index (χ2v) is 8.69. The van der Waals surface area contributed by atoms with Gasteiger partial charge in [-0.15, -0.1) is 0 Å². The summed E-state index contributed by atoms with van der Waals surface area (Å²) < 4.78 is 0. The zero-order valence-electron chi connectivity index (χ0n) is 17.6. The molecule has 2 aliphatic rings. The fraction of sp³-hybridized carbons (Fsp3) is 0.609. The van der Waals surface area contributed by atoms with Crippen molar-refractivity contribution in [1.82, 2.24) is 14.8 Å². The Kier molecular flexibility index (Phi) is 5.85. The van der Waals surface area contributed by atoms with E-state index in [0.29, 0.717) is 12.1 Å². The van der Waals surface area contributed by atoms with Crippen LogP contribution in [0.5, 0.6) is 0 Å². The molecule has 2 aliphatic heterocycles. The number of rotatable bonds is 4. The molecule has 1 atom stereocenters. The van der Waals surface area contributed by atoms with Crippen molar-refractivity contribution < 1.29 is 5.11 Å². The summed E-state index contributed by atoms with van der Waals surface area (Å²) in [5, 5.41) is 11.0. The van der Waals surface area contributed by atoms with Crippen molar-refractivity contribution in [2.75, 3.05) is 51.3 Å². The van der Waals surface area contributed by atoms with Crippen molar-refractivity contribution in [3.63, 3.8) is 0 Å². The van der Waals surface area contributed by atoms with E-state index in [0.717, 1.165) is 31.6 Å². The van der Waals surface area contributed by atoms with E-state index in [1.165, 1.54) is 48.1 Å². The van der Waals surface area contributed by atoms with Crippen molar-refractivity contribution in [3.8, 4) is 0 Å². The molecule has 2 fully saturated rings. The highest BCUT2D eigenvalue weighted by atomic mass is 16.3. The van der Waals surface area contributed by atoms with Crippen LogP contribution in [0.25, 0.3) is 10.9 Å². The maximum absolute atomic E-state index is 9.71. The van der Waals surface area contributed by atoms with E-state index in [-0.39, 0.29) is 6.61 Å². The predicted octanol–water partition coefficient (Wildman–Crippen LogP) is 2.82. The van der Waals surface area contributed by atoms with Crippen LogP contribution in [0.2, 0.25) is 0 Å². The van der Waals surface area contributed by atoms with Gasteiger partial charge in [-0.25, -0.2) is 0 Å². The standard InChI is InChI=1S/C23H34N4O/c1-17-14-18(2)23-21(15-17)22(4-8-24-23)26-11-12-27(20(16-26)7-13-28)19-5-9-25(3)10-6-19/h4,8,14-15,19-20,28H,5-7,9-13,16H2,1-3H3/t20-/m0/s1. The highest BCUT2D eigenvalue weighted by Crippen LogP contribution is 2.31. The van der Waals surface area contributed by atoms with E-state index < -0.39 is 0 Å². The number of fused-ring (bicyclic) bond motifs is 1. The first kappa shape index (κ1) is 19.6. The number of nitrogens with zero attached hydrogens (tertiary/aromatic N) is 4. The van der Waals surface area contributed by atoms with Crippen LogP contribution in [0.4, 0.5) is 5.69 Å². The Bertz CT molecular complexity index is 816. The van der Waals surface area contributed by atoms with Crippen molar-refractivity contribution in [3.05, 3.63) is 35.5 Å². The molecule has 0 bridgehead atoms. The van der Waals surface area contributed by atoms with Gasteiger partial charge in [0.05, 0.1) is 5.52 Å². The lowest BCUT2D eigenvalue weighted by atomic mass is 9.97. The number of piperazine rings is 1. The van der Waals surface area contributed by atoms with Gasteiger partial charge in [0.15, 0.2) is 0 Å². The molecule has 152 valence electrons. The average Bonchev–Trinajstić information content (AvgIpc) is 2.68. The highest BCUT2D eigenvalue weighted by molar-refractivity contribution is 5.94. The maximum Gasteiger partial charge on any atom is 0.0752 e. The van der Waals surface area contributed by atoms with Crippen LogP contribution < -0.4 is 4.90 Å². The van der Waals surface area contributed by atoms with E-state index in [1.807, 2.05) is 6.20 Å². The molecular weight excluding hydrogens is 348 g/mol. The molecule has 2 aromatic rings. The number of benzene rings is 1. The van der Waals surface area contributed by atoms with Gasteiger partial charge in [-0.3, -0.25) is 9.88 Å². The number of aliphatic hydroxyl groups excluding tert-OH is 1. The van der Waals surface area contributed by atoms with E-state index in [4.69, 9.17) is 0 Å². The zero-order valence-corrected chi connectivity index (χ0v) is 17.6. The Morgan fingerprint density at radius 1 is 1.11 bits per heavy atom. The SMILES string of the molecule is Cc1cc(C)c2nccc(N3CCN(C4CCN(C)CC4)[C@@H](CCO)C3)c2c1. The van der Waals surface area contributed by atoms with E-state index in [9.17, 15) is 5.11 Å². The number of likely N-dealkylation sites (tertiary alicyclic amines) is 1. The number of hydrogen-bond acceptors (Lipinski definition) is 5. The molecule has 1 N–H and O–H groups in total. The van der Waals surface area contributed by atoms with Crippen molar-refractivity contribution in [2.24, 2.45) is 0 Å². The van der Waals surface area contributed by atoms with E-state index >= 15 is 0 Å². The normalized spacial score (nSPS) is 22.9. The molecule has 0 spiro atoms. The van der Waals surface area contributed by atoms with Crippen LogP contribution >= 0.6 is 0 Å². The van der Waals surface area contributed by atoms with Crippen LogP contribution in [0.3, 0.4) is 0 Å². The quantitative estimate of drug-likeness (QED) is 0.881. The summed E-state index contributed by atoms with van der Waals surface area (Å²) in [6.07, 6.45) is 5.29. The molecule has 2 saturated heterocycles. The highest BCUT2D eigenvalue weighted by Gasteiger charge is 2.33. The molecule has 28 heavy (non-hydrogen) atoms. The molecule has 1 aromatic heterocycles. The van der Waals surface area contributed by atoms with Gasteiger partial charge in [-0.2, -0.15) is 0 Å². The zero-order chi connectivity index (χ0) is 19.7. The summed E-state index contributed by atoms with van der Waals surface area (Å²) in [5.74, 6) is 0. The van der Waals surface area contributed by atoms with Crippen molar-refractivity contribution in [1.29, 1.82) is 0 Å². The van der Waals surface area contributed by atoms with Crippen LogP contribution in [-0.4, -0.2) is 78.4 Å². The van der Waals surface area contributed by atoms with Crippen LogP contribution in [0.1, 0.15) is 30.4 Å². The number of pyridine rings is 1. The van der Waals surface area contributed by atoms with Crippen molar-refractivity contribution >= 4 is 16.6 Å². The number of aliphatic hydroxyl groups is 1. The number of aryl methyl sites for hydroxylation is 2. The van der Waals surface area contributed by atoms with Gasteiger partial charge in [0.1, 0.15) is 0 Å². The third-order valence-electron chi connectivity index (χ3n) is 6.65. The Morgan fingerprint density at radius 3 is 2.64 bits per heavy atom. The van der Waals surface area contributed by atoms with Crippen molar-refractivity contribution in [2.45, 2.75) is 45.2 Å². The molecule has 3 heterocycles. The molecule has 0 aliphatic carbocycles. The van der Waals surface area contributed by atoms with Crippen LogP contribution in [-0.2, 0) is 0 Å². The summed E-state index contributed by atoms with van der Waals surface area (Å²) in [5.41, 5.74) is 4.94. The average molecular weight is 383 g/mol. The largest absolute Gasteiger partial charge is 0.396 e. The lowest BCUT2D eigenvalue weighted by molar-refractivity contribution is 0.0599. The monoisotopic (exact) mass is 382 g/mol. The Labute approximate surface area is 169 Å². The van der Waals surface area contributed by atoms with Crippen LogP contribution in [0, 0.1) is 13.8 Å². The van der Waals surface area contributed by atoms with Gasteiger partial charge >= 0.3 is 0 Å². The number of anilines is 1. The Morgan fingerprint density at radius 2 is 1.89 bits per heavy atom. The lowest BCUT2D eigenvalue weighted by Crippen LogP contribution is -2.58. The van der Waals surface area contributed by atoms with Crippen LogP contribution in [0.15, 0.2) is 24.4 Å². The van der Waals surface area contributed by atoms with Gasteiger partial charge in [-0.05, 0) is 70.9 Å². The summed E-state index contributed by atoms with van der Waals surface area (Å²) in [4.78, 5) is 12.3. The number of aromatic nitrogens is 1. The van der Waals surface area contributed by atoms with Gasteiger partial charge in [0.2, 0.25) is 0 Å². The second kappa shape index (κ2) is 8.36. The third-order valence-corrected chi connectivity index (χ3v) is 6.65. The molecule has 0 radical (unpaired) electrons. The number of hydrogen-bond donors (Lipinski definition) is 1. The Hall–Kier alpha value is -1.69. The summed E-state index contributed by atoms with van der Waals surface area (Å²) in [6.45, 7) is 10.0. The molecule has 0 amide bonds. The minimum atomic E-state index is 0.261. The fourth-order valence-corrected chi connectivity index (χ4v) is 5.18. The molecular formula is C23H34N4O. The second-order valence-electron chi connectivity index (χ2n) is 8.69. The maximum atomic E-state index is 9.71. The lowest BCUT2D eigenvalue weighted by Gasteiger charge is -2.48. The minimum Gasteiger partial charge on any atom is -0.396 e. The molecule has 5 heteroatoms. The molecule has 0 saturated carbocycles. The summed E-state index contributed by atoms with van der Waals surface area (Å²) >= 11 is 0. The predicted molar refractivity (Wildman–Crippen MR) is 116 cm³/mol. The molecule has 1 aromatic carbocycles. The first-order chi connectivity index (χ1) is 13.6. The topological polar surface area (TPSA) is 42.8 Å². The molecule has 0 unspecified atom stereocenters. The van der Waals surface area contributed by atoms with E-state index in [2.05, 4.69) is 58.8 Å². The Balaban J connectivity index is 1.59. The van der Waals surface area contributed by atoms with Gasteiger partial charge in [0.25, 0.3) is 0 Å². The summed E-state index contributed by atoms with van der Waals surface area (Å²) in [6, 6.07) is 7.73. The third kappa shape index (κ3) is 3.88. The van der Waals surface area contributed by atoms with E-state index in [1.54, 1.807) is 0 Å².